The molecule has 0 fully saturated rings. The molecule has 4 nitrogen and oxygen atoms in total. The number of rotatable bonds is 2. The van der Waals surface area contributed by atoms with Gasteiger partial charge in [-0.25, -0.2) is 13.5 Å². The van der Waals surface area contributed by atoms with E-state index >= 15 is 0 Å². The van der Waals surface area contributed by atoms with Crippen LogP contribution in [0, 0.1) is 25.5 Å². The van der Waals surface area contributed by atoms with Crippen molar-refractivity contribution in [1.29, 1.82) is 0 Å². The number of halogens is 2. The van der Waals surface area contributed by atoms with Crippen molar-refractivity contribution in [2.24, 2.45) is 0 Å². The lowest BCUT2D eigenvalue weighted by molar-refractivity contribution is 0.560. The number of allylic oxidation sites excluding steroid dienone is 1. The summed E-state index contributed by atoms with van der Waals surface area (Å²) in [5.74, 6) is -0.0948. The molecule has 3 aromatic rings. The first-order valence-corrected chi connectivity index (χ1v) is 7.94. The molecule has 126 valence electrons. The summed E-state index contributed by atoms with van der Waals surface area (Å²) in [4.78, 5) is 4.38. The molecule has 1 aliphatic heterocycles. The van der Waals surface area contributed by atoms with Crippen LogP contribution in [0.25, 0.3) is 5.70 Å². The zero-order valence-corrected chi connectivity index (χ0v) is 13.8. The Balaban J connectivity index is 1.85. The summed E-state index contributed by atoms with van der Waals surface area (Å²) in [5, 5.41) is 7.61. The third-order valence-electron chi connectivity index (χ3n) is 4.16. The Hall–Kier alpha value is -3.02. The van der Waals surface area contributed by atoms with E-state index in [1.807, 2.05) is 37.3 Å². The molecule has 2 heterocycles. The van der Waals surface area contributed by atoms with E-state index in [4.69, 9.17) is 0 Å². The van der Waals surface area contributed by atoms with Gasteiger partial charge in [-0.1, -0.05) is 29.8 Å². The van der Waals surface area contributed by atoms with Crippen LogP contribution >= 0.6 is 0 Å². The van der Waals surface area contributed by atoms with Crippen LogP contribution in [0.3, 0.4) is 0 Å². The van der Waals surface area contributed by atoms with E-state index in [0.29, 0.717) is 17.3 Å². The second-order valence-corrected chi connectivity index (χ2v) is 6.15. The topological polar surface area (TPSA) is 42.7 Å². The highest BCUT2D eigenvalue weighted by Gasteiger charge is 2.25. The van der Waals surface area contributed by atoms with Gasteiger partial charge >= 0.3 is 0 Å². The minimum atomic E-state index is -0.614. The largest absolute Gasteiger partial charge is 0.324 e. The molecule has 0 bridgehead atoms. The van der Waals surface area contributed by atoms with Gasteiger partial charge in [0.05, 0.1) is 0 Å². The van der Waals surface area contributed by atoms with E-state index in [9.17, 15) is 8.78 Å². The zero-order chi connectivity index (χ0) is 17.6. The molecule has 0 saturated carbocycles. The number of hydrogen-bond donors (Lipinski definition) is 1. The molecular weight excluding hydrogens is 322 g/mol. The summed E-state index contributed by atoms with van der Waals surface area (Å²) in [6.07, 6.45) is 1.90. The van der Waals surface area contributed by atoms with Gasteiger partial charge in [-0.3, -0.25) is 0 Å². The van der Waals surface area contributed by atoms with Gasteiger partial charge in [0.15, 0.2) is 0 Å². The number of anilines is 1. The summed E-state index contributed by atoms with van der Waals surface area (Å²) in [5.41, 5.74) is 3.44. The Labute approximate surface area is 143 Å². The Morgan fingerprint density at radius 3 is 2.36 bits per heavy atom. The van der Waals surface area contributed by atoms with Gasteiger partial charge in [-0.05, 0) is 43.2 Å². The first-order valence-electron chi connectivity index (χ1n) is 7.94. The normalized spacial score (nSPS) is 16.2. The van der Waals surface area contributed by atoms with Crippen molar-refractivity contribution in [3.8, 4) is 0 Å². The van der Waals surface area contributed by atoms with E-state index in [-0.39, 0.29) is 0 Å². The van der Waals surface area contributed by atoms with Crippen LogP contribution in [0.5, 0.6) is 0 Å². The molecule has 4 rings (SSSR count). The van der Waals surface area contributed by atoms with Crippen molar-refractivity contribution in [2.75, 3.05) is 5.32 Å². The highest BCUT2D eigenvalue weighted by atomic mass is 19.1. The van der Waals surface area contributed by atoms with Crippen LogP contribution < -0.4 is 5.32 Å². The van der Waals surface area contributed by atoms with E-state index in [2.05, 4.69) is 15.4 Å². The van der Waals surface area contributed by atoms with Crippen molar-refractivity contribution in [3.05, 3.63) is 82.7 Å². The summed E-state index contributed by atoms with van der Waals surface area (Å²) >= 11 is 0. The molecule has 25 heavy (non-hydrogen) atoms. The average Bonchev–Trinajstić information content (AvgIpc) is 2.93. The smallest absolute Gasteiger partial charge is 0.226 e. The summed E-state index contributed by atoms with van der Waals surface area (Å²) < 4.78 is 29.1. The minimum absolute atomic E-state index is 0.445. The maximum absolute atomic E-state index is 13.7. The van der Waals surface area contributed by atoms with E-state index in [0.717, 1.165) is 22.9 Å². The first-order chi connectivity index (χ1) is 12.0. The lowest BCUT2D eigenvalue weighted by Gasteiger charge is -2.24. The van der Waals surface area contributed by atoms with Crippen molar-refractivity contribution in [3.63, 3.8) is 0 Å². The van der Waals surface area contributed by atoms with Gasteiger partial charge in [-0.15, -0.1) is 0 Å². The van der Waals surface area contributed by atoms with Gasteiger partial charge in [-0.2, -0.15) is 10.1 Å². The third-order valence-corrected chi connectivity index (χ3v) is 4.16. The van der Waals surface area contributed by atoms with E-state index in [1.54, 1.807) is 11.6 Å². The van der Waals surface area contributed by atoms with Crippen molar-refractivity contribution in [2.45, 2.75) is 19.9 Å². The molecule has 0 spiro atoms. The Kier molecular flexibility index (Phi) is 3.60. The molecule has 1 atom stereocenters. The molecule has 1 N–H and O–H groups in total. The Bertz CT molecular complexity index is 953. The molecule has 0 unspecified atom stereocenters. The van der Waals surface area contributed by atoms with Crippen LogP contribution in [0.1, 0.15) is 28.6 Å². The number of benzene rings is 2. The molecule has 1 aromatic heterocycles. The zero-order valence-electron chi connectivity index (χ0n) is 13.8. The van der Waals surface area contributed by atoms with Crippen molar-refractivity contribution in [1.82, 2.24) is 14.8 Å². The predicted molar refractivity (Wildman–Crippen MR) is 92.0 cm³/mol. The summed E-state index contributed by atoms with van der Waals surface area (Å²) in [7, 11) is 0. The van der Waals surface area contributed by atoms with Gasteiger partial charge in [0.25, 0.3) is 0 Å². The number of aryl methyl sites for hydroxylation is 2. The summed E-state index contributed by atoms with van der Waals surface area (Å²) in [6, 6.07) is 11.1. The predicted octanol–water partition coefficient (Wildman–Crippen LogP) is 4.23. The fraction of sp³-hybridized carbons (Fsp3) is 0.158. The second kappa shape index (κ2) is 5.81. The van der Waals surface area contributed by atoms with Crippen LogP contribution in [0.2, 0.25) is 0 Å². The molecule has 0 amide bonds. The number of aromatic nitrogens is 3. The maximum Gasteiger partial charge on any atom is 0.226 e. The quantitative estimate of drug-likeness (QED) is 0.760. The molecular formula is C19H16F2N4. The number of fused-ring (bicyclic) bond motifs is 1. The number of hydrogen-bond acceptors (Lipinski definition) is 3. The molecule has 0 radical (unpaired) electrons. The van der Waals surface area contributed by atoms with E-state index in [1.165, 1.54) is 12.1 Å². The lowest BCUT2D eigenvalue weighted by Crippen LogP contribution is -2.20. The highest BCUT2D eigenvalue weighted by molar-refractivity contribution is 5.77. The lowest BCUT2D eigenvalue weighted by atomic mass is 10.0. The van der Waals surface area contributed by atoms with Crippen molar-refractivity contribution >= 4 is 11.6 Å². The van der Waals surface area contributed by atoms with Gasteiger partial charge in [0.1, 0.15) is 23.5 Å². The molecule has 6 heteroatoms. The minimum Gasteiger partial charge on any atom is -0.324 e. The molecule has 0 aliphatic carbocycles. The third kappa shape index (κ3) is 2.91. The number of nitrogens with one attached hydrogen (secondary N) is 1. The van der Waals surface area contributed by atoms with E-state index < -0.39 is 17.7 Å². The standard InChI is InChI=1S/C19H16F2N4/c1-11-3-5-13(6-4-11)17-10-18(14-7-15(20)9-16(21)8-14)25-19(23-17)22-12(2)24-25/h3-10,18H,1-2H3,(H,22,23,24)/t18-/m1/s1. The molecule has 1 aliphatic rings. The SMILES string of the molecule is Cc1ccc(C2=C[C@H](c3cc(F)cc(F)c3)n3nc(C)nc3N2)cc1. The first kappa shape index (κ1) is 15.5. The van der Waals surface area contributed by atoms with Crippen LogP contribution in [-0.4, -0.2) is 14.8 Å². The van der Waals surface area contributed by atoms with Crippen LogP contribution in [0.15, 0.2) is 48.5 Å². The van der Waals surface area contributed by atoms with Crippen LogP contribution in [0.4, 0.5) is 14.7 Å². The van der Waals surface area contributed by atoms with Gasteiger partial charge in [0.2, 0.25) is 5.95 Å². The Morgan fingerprint density at radius 1 is 1.00 bits per heavy atom. The number of nitrogens with zero attached hydrogens (tertiary/aromatic N) is 3. The summed E-state index contributed by atoms with van der Waals surface area (Å²) in [6.45, 7) is 3.80. The fourth-order valence-electron chi connectivity index (χ4n) is 2.98. The van der Waals surface area contributed by atoms with Crippen LogP contribution in [-0.2, 0) is 0 Å². The Morgan fingerprint density at radius 2 is 1.68 bits per heavy atom. The highest BCUT2D eigenvalue weighted by Crippen LogP contribution is 2.33. The maximum atomic E-state index is 13.7. The monoisotopic (exact) mass is 338 g/mol. The van der Waals surface area contributed by atoms with Gasteiger partial charge in [0, 0.05) is 11.8 Å². The van der Waals surface area contributed by atoms with Crippen molar-refractivity contribution < 1.29 is 8.78 Å². The molecule has 0 saturated heterocycles. The second-order valence-electron chi connectivity index (χ2n) is 6.15. The average molecular weight is 338 g/mol. The molecule has 2 aromatic carbocycles. The fourth-order valence-corrected chi connectivity index (χ4v) is 2.98. The van der Waals surface area contributed by atoms with Gasteiger partial charge < -0.3 is 5.32 Å².